The van der Waals surface area contributed by atoms with Crippen LogP contribution in [0.4, 0.5) is 0 Å². The quantitative estimate of drug-likeness (QED) is 0.943. The number of aromatic nitrogens is 3. The zero-order valence-corrected chi connectivity index (χ0v) is 13.5. The second-order valence-electron chi connectivity index (χ2n) is 6.04. The monoisotopic (exact) mass is 300 g/mol. The molecule has 0 spiro atoms. The molecule has 5 heteroatoms. The van der Waals surface area contributed by atoms with Gasteiger partial charge in [0, 0.05) is 0 Å². The first kappa shape index (κ1) is 15.0. The molecule has 1 unspecified atom stereocenters. The van der Waals surface area contributed by atoms with Gasteiger partial charge in [-0.3, -0.25) is 10.00 Å². The topological polar surface area (TPSA) is 54.0 Å². The Bertz CT molecular complexity index is 599. The van der Waals surface area contributed by atoms with Gasteiger partial charge in [0.2, 0.25) is 0 Å². The van der Waals surface area contributed by atoms with E-state index in [4.69, 9.17) is 4.74 Å². The second-order valence-corrected chi connectivity index (χ2v) is 6.04. The molecule has 1 aromatic heterocycles. The van der Waals surface area contributed by atoms with E-state index in [1.54, 1.807) is 7.11 Å². The van der Waals surface area contributed by atoms with Crippen molar-refractivity contribution < 1.29 is 4.74 Å². The van der Waals surface area contributed by atoms with Gasteiger partial charge in [0.05, 0.1) is 13.2 Å². The molecule has 3 rings (SSSR count). The first-order valence-electron chi connectivity index (χ1n) is 7.94. The van der Waals surface area contributed by atoms with Crippen molar-refractivity contribution in [3.8, 4) is 5.75 Å². The van der Waals surface area contributed by atoms with Crippen molar-refractivity contribution in [3.63, 3.8) is 0 Å². The van der Waals surface area contributed by atoms with Crippen molar-refractivity contribution in [1.82, 2.24) is 20.1 Å². The third-order valence-electron chi connectivity index (χ3n) is 4.65. The zero-order valence-electron chi connectivity index (χ0n) is 13.5. The molecule has 0 aliphatic carbocycles. The summed E-state index contributed by atoms with van der Waals surface area (Å²) in [6.07, 6.45) is 2.36. The Morgan fingerprint density at radius 3 is 2.45 bits per heavy atom. The van der Waals surface area contributed by atoms with Gasteiger partial charge in [-0.25, -0.2) is 4.98 Å². The third kappa shape index (κ3) is 3.14. The van der Waals surface area contributed by atoms with E-state index in [1.807, 2.05) is 6.92 Å². The highest BCUT2D eigenvalue weighted by atomic mass is 16.5. The van der Waals surface area contributed by atoms with Crippen molar-refractivity contribution in [2.24, 2.45) is 0 Å². The van der Waals surface area contributed by atoms with E-state index >= 15 is 0 Å². The lowest BCUT2D eigenvalue weighted by Crippen LogP contribution is -2.35. The van der Waals surface area contributed by atoms with Crippen LogP contribution < -0.4 is 4.74 Å². The van der Waals surface area contributed by atoms with Gasteiger partial charge < -0.3 is 4.74 Å². The van der Waals surface area contributed by atoms with Crippen LogP contribution in [0.3, 0.4) is 0 Å². The normalized spacial score (nSPS) is 18.3. The molecule has 2 aromatic rings. The molecule has 2 heterocycles. The number of nitrogens with one attached hydrogen (secondary N) is 1. The minimum absolute atomic E-state index is 0.279. The number of nitrogens with zero attached hydrogens (tertiary/aromatic N) is 3. The summed E-state index contributed by atoms with van der Waals surface area (Å²) in [7, 11) is 1.71. The standard InChI is InChI=1S/C17H24N4O/c1-12(17-18-13(2)19-20-17)21-10-8-15(9-11-21)14-4-6-16(22-3)7-5-14/h4-7,12,15H,8-11H2,1-3H3,(H,18,19,20). The van der Waals surface area contributed by atoms with E-state index < -0.39 is 0 Å². The Kier molecular flexibility index (Phi) is 4.43. The molecule has 0 bridgehead atoms. The first-order valence-corrected chi connectivity index (χ1v) is 7.94. The largest absolute Gasteiger partial charge is 0.497 e. The SMILES string of the molecule is COc1ccc(C2CCN(C(C)c3n[nH]c(C)n3)CC2)cc1. The summed E-state index contributed by atoms with van der Waals surface area (Å²) < 4.78 is 5.23. The summed E-state index contributed by atoms with van der Waals surface area (Å²) in [4.78, 5) is 6.93. The van der Waals surface area contributed by atoms with Crippen molar-refractivity contribution in [3.05, 3.63) is 41.5 Å². The molecule has 22 heavy (non-hydrogen) atoms. The summed E-state index contributed by atoms with van der Waals surface area (Å²) >= 11 is 0. The van der Waals surface area contributed by atoms with Crippen LogP contribution in [-0.2, 0) is 0 Å². The van der Waals surface area contributed by atoms with Crippen LogP contribution in [0.15, 0.2) is 24.3 Å². The molecule has 0 radical (unpaired) electrons. The minimum Gasteiger partial charge on any atom is -0.497 e. The average molecular weight is 300 g/mol. The number of aryl methyl sites for hydroxylation is 1. The van der Waals surface area contributed by atoms with Gasteiger partial charge in [-0.15, -0.1) is 0 Å². The zero-order chi connectivity index (χ0) is 15.5. The molecule has 1 N–H and O–H groups in total. The highest BCUT2D eigenvalue weighted by Gasteiger charge is 2.26. The van der Waals surface area contributed by atoms with Gasteiger partial charge in [0.1, 0.15) is 11.6 Å². The number of benzene rings is 1. The maximum atomic E-state index is 5.23. The van der Waals surface area contributed by atoms with Gasteiger partial charge in [0.15, 0.2) is 5.82 Å². The number of rotatable bonds is 4. The van der Waals surface area contributed by atoms with E-state index in [-0.39, 0.29) is 6.04 Å². The van der Waals surface area contributed by atoms with Gasteiger partial charge in [-0.1, -0.05) is 12.1 Å². The smallest absolute Gasteiger partial charge is 0.167 e. The predicted octanol–water partition coefficient (Wildman–Crippen LogP) is 3.06. The van der Waals surface area contributed by atoms with Crippen molar-refractivity contribution in [1.29, 1.82) is 0 Å². The van der Waals surface area contributed by atoms with Crippen LogP contribution >= 0.6 is 0 Å². The Balaban J connectivity index is 1.59. The summed E-state index contributed by atoms with van der Waals surface area (Å²) in [5.41, 5.74) is 1.42. The Hall–Kier alpha value is -1.88. The van der Waals surface area contributed by atoms with Crippen molar-refractivity contribution in [2.45, 2.75) is 38.6 Å². The van der Waals surface area contributed by atoms with Crippen molar-refractivity contribution in [2.75, 3.05) is 20.2 Å². The number of methoxy groups -OCH3 is 1. The molecule has 1 aromatic carbocycles. The minimum atomic E-state index is 0.279. The van der Waals surface area contributed by atoms with Gasteiger partial charge in [-0.05, 0) is 63.4 Å². The van der Waals surface area contributed by atoms with Crippen LogP contribution in [0.2, 0.25) is 0 Å². The lowest BCUT2D eigenvalue weighted by atomic mass is 9.89. The first-order chi connectivity index (χ1) is 10.7. The average Bonchev–Trinajstić information content (AvgIpc) is 3.01. The highest BCUT2D eigenvalue weighted by molar-refractivity contribution is 5.29. The summed E-state index contributed by atoms with van der Waals surface area (Å²) in [5, 5.41) is 7.23. The summed E-state index contributed by atoms with van der Waals surface area (Å²) in [6.45, 7) is 6.31. The molecule has 1 atom stereocenters. The maximum absolute atomic E-state index is 5.23. The third-order valence-corrected chi connectivity index (χ3v) is 4.65. The lowest BCUT2D eigenvalue weighted by Gasteiger charge is -2.35. The number of hydrogen-bond acceptors (Lipinski definition) is 4. The second kappa shape index (κ2) is 6.48. The van der Waals surface area contributed by atoms with Crippen LogP contribution in [0.5, 0.6) is 5.75 Å². The van der Waals surface area contributed by atoms with E-state index in [0.717, 1.165) is 30.5 Å². The van der Waals surface area contributed by atoms with Gasteiger partial charge in [0.25, 0.3) is 0 Å². The molecule has 118 valence electrons. The fraction of sp³-hybridized carbons (Fsp3) is 0.529. The molecule has 1 saturated heterocycles. The lowest BCUT2D eigenvalue weighted by molar-refractivity contribution is 0.157. The molecule has 1 aliphatic heterocycles. The van der Waals surface area contributed by atoms with Gasteiger partial charge >= 0.3 is 0 Å². The Morgan fingerprint density at radius 1 is 1.23 bits per heavy atom. The number of ether oxygens (including phenoxy) is 1. The van der Waals surface area contributed by atoms with Crippen LogP contribution in [0.25, 0.3) is 0 Å². The van der Waals surface area contributed by atoms with Crippen LogP contribution in [-0.4, -0.2) is 40.3 Å². The van der Waals surface area contributed by atoms with Crippen LogP contribution in [0.1, 0.15) is 48.9 Å². The molecular weight excluding hydrogens is 276 g/mol. The highest BCUT2D eigenvalue weighted by Crippen LogP contribution is 2.32. The molecule has 0 amide bonds. The Labute approximate surface area is 131 Å². The molecular formula is C17H24N4O. The number of likely N-dealkylation sites (tertiary alicyclic amines) is 1. The summed E-state index contributed by atoms with van der Waals surface area (Å²) in [5.74, 6) is 3.35. The van der Waals surface area contributed by atoms with E-state index in [0.29, 0.717) is 5.92 Å². The van der Waals surface area contributed by atoms with E-state index in [1.165, 1.54) is 18.4 Å². The molecule has 5 nitrogen and oxygen atoms in total. The van der Waals surface area contributed by atoms with Crippen LogP contribution in [0, 0.1) is 6.92 Å². The molecule has 1 fully saturated rings. The Morgan fingerprint density at radius 2 is 1.91 bits per heavy atom. The number of hydrogen-bond donors (Lipinski definition) is 1. The molecule has 0 saturated carbocycles. The van der Waals surface area contributed by atoms with Gasteiger partial charge in [-0.2, -0.15) is 5.10 Å². The fourth-order valence-corrected chi connectivity index (χ4v) is 3.21. The van der Waals surface area contributed by atoms with Crippen molar-refractivity contribution >= 4 is 0 Å². The number of H-pyrrole nitrogens is 1. The summed E-state index contributed by atoms with van der Waals surface area (Å²) in [6, 6.07) is 8.78. The maximum Gasteiger partial charge on any atom is 0.167 e. The number of aromatic amines is 1. The number of piperidine rings is 1. The molecule has 1 aliphatic rings. The van der Waals surface area contributed by atoms with E-state index in [9.17, 15) is 0 Å². The predicted molar refractivity (Wildman–Crippen MR) is 86.1 cm³/mol. The van der Waals surface area contributed by atoms with E-state index in [2.05, 4.69) is 51.3 Å². The fourth-order valence-electron chi connectivity index (χ4n) is 3.21.